The van der Waals surface area contributed by atoms with E-state index in [1.165, 1.54) is 0 Å². The van der Waals surface area contributed by atoms with E-state index >= 15 is 0 Å². The maximum Gasteiger partial charge on any atom is 0.435 e. The van der Waals surface area contributed by atoms with Gasteiger partial charge >= 0.3 is 7.60 Å². The van der Waals surface area contributed by atoms with Gasteiger partial charge in [0.05, 0.1) is 11.1 Å². The molecule has 0 radical (unpaired) electrons. The monoisotopic (exact) mass is 486 g/mol. The lowest BCUT2D eigenvalue weighted by Gasteiger charge is -2.26. The molecule has 6 heteroatoms. The second-order valence-electron chi connectivity index (χ2n) is 8.99. The van der Waals surface area contributed by atoms with Crippen molar-refractivity contribution in [1.82, 2.24) is 0 Å². The van der Waals surface area contributed by atoms with Gasteiger partial charge in [-0.1, -0.05) is 83.1 Å². The Labute approximate surface area is 201 Å². The Morgan fingerprint density at radius 2 is 1.53 bits per heavy atom. The first-order valence-corrected chi connectivity index (χ1v) is 13.7. The lowest BCUT2D eigenvalue weighted by molar-refractivity contribution is 0.377. The second-order valence-corrected chi connectivity index (χ2v) is 13.0. The van der Waals surface area contributed by atoms with Crippen LogP contribution in [0.5, 0.6) is 11.5 Å². The minimum Gasteiger partial charge on any atom is -0.416 e. The van der Waals surface area contributed by atoms with E-state index in [0.717, 1.165) is 16.0 Å². The molecule has 0 saturated carbocycles. The Bertz CT molecular complexity index is 1030. The third kappa shape index (κ3) is 6.84. The van der Waals surface area contributed by atoms with Crippen molar-refractivity contribution in [2.45, 2.75) is 61.2 Å². The molecule has 0 spiro atoms. The maximum atomic E-state index is 14.1. The molecule has 3 aromatic carbocycles. The number of rotatable bonds is 8. The molecule has 170 valence electrons. The Kier molecular flexibility index (Phi) is 8.08. The van der Waals surface area contributed by atoms with Crippen LogP contribution < -0.4 is 9.05 Å². The number of thioether (sulfide) groups is 1. The van der Waals surface area contributed by atoms with Crippen molar-refractivity contribution in [3.05, 3.63) is 83.9 Å². The summed E-state index contributed by atoms with van der Waals surface area (Å²) in [5.74, 6) is 1.02. The van der Waals surface area contributed by atoms with Crippen molar-refractivity contribution < 1.29 is 13.6 Å². The third-order valence-corrected chi connectivity index (χ3v) is 7.76. The number of thiol groups is 1. The van der Waals surface area contributed by atoms with E-state index < -0.39 is 7.60 Å². The zero-order valence-corrected chi connectivity index (χ0v) is 21.8. The fraction of sp³-hybridized carbons (Fsp3) is 0.308. The van der Waals surface area contributed by atoms with E-state index in [4.69, 9.17) is 21.7 Å². The summed E-state index contributed by atoms with van der Waals surface area (Å²) in [6, 6.07) is 22.9. The topological polar surface area (TPSA) is 35.5 Å². The fourth-order valence-corrected chi connectivity index (χ4v) is 6.34. The number of hydrogen-bond donors (Lipinski definition) is 1. The van der Waals surface area contributed by atoms with Crippen LogP contribution in [0.4, 0.5) is 0 Å². The van der Waals surface area contributed by atoms with E-state index in [9.17, 15) is 4.57 Å². The van der Waals surface area contributed by atoms with Gasteiger partial charge in [0.1, 0.15) is 5.75 Å². The highest BCUT2D eigenvalue weighted by Gasteiger charge is 2.32. The number of hydrogen-bond acceptors (Lipinski definition) is 5. The lowest BCUT2D eigenvalue weighted by atomic mass is 9.87. The Balaban J connectivity index is 2.05. The summed E-state index contributed by atoms with van der Waals surface area (Å²) in [5.41, 5.74) is 1.99. The summed E-state index contributed by atoms with van der Waals surface area (Å²) < 4.78 is 26.4. The summed E-state index contributed by atoms with van der Waals surface area (Å²) in [7, 11) is -3.60. The molecule has 0 heterocycles. The summed E-state index contributed by atoms with van der Waals surface area (Å²) in [6.07, 6.45) is 0.156. The van der Waals surface area contributed by atoms with Crippen LogP contribution in [0.15, 0.2) is 82.6 Å². The molecule has 32 heavy (non-hydrogen) atoms. The van der Waals surface area contributed by atoms with Gasteiger partial charge < -0.3 is 9.05 Å². The fourth-order valence-electron chi connectivity index (χ4n) is 3.13. The van der Waals surface area contributed by atoms with Crippen molar-refractivity contribution in [2.24, 2.45) is 0 Å². The second kappa shape index (κ2) is 10.4. The van der Waals surface area contributed by atoms with Gasteiger partial charge in [-0.05, 0) is 40.8 Å². The van der Waals surface area contributed by atoms with Crippen LogP contribution in [-0.4, -0.2) is 5.25 Å². The molecule has 0 fully saturated rings. The van der Waals surface area contributed by atoms with Gasteiger partial charge in [-0.25, -0.2) is 4.57 Å². The molecule has 0 saturated heterocycles. The quantitative estimate of drug-likeness (QED) is 0.196. The Hall–Kier alpha value is -1.81. The first-order chi connectivity index (χ1) is 15.1. The molecule has 3 rings (SSSR count). The molecule has 1 unspecified atom stereocenters. The van der Waals surface area contributed by atoms with Crippen LogP contribution in [0.2, 0.25) is 0 Å². The predicted octanol–water partition coefficient (Wildman–Crippen LogP) is 8.62. The largest absolute Gasteiger partial charge is 0.435 e. The molecular weight excluding hydrogens is 455 g/mol. The van der Waals surface area contributed by atoms with Crippen LogP contribution >= 0.6 is 32.0 Å². The highest BCUT2D eigenvalue weighted by molar-refractivity contribution is 8.00. The normalized spacial score (nSPS) is 13.6. The zero-order valence-electron chi connectivity index (χ0n) is 19.2. The van der Waals surface area contributed by atoms with Gasteiger partial charge in [-0.3, -0.25) is 0 Å². The van der Waals surface area contributed by atoms with E-state index in [2.05, 4.69) is 40.7 Å². The molecule has 0 aromatic heterocycles. The van der Waals surface area contributed by atoms with Gasteiger partial charge in [0.25, 0.3) is 0 Å². The number of benzene rings is 3. The highest BCUT2D eigenvalue weighted by atomic mass is 32.2. The van der Waals surface area contributed by atoms with E-state index in [0.29, 0.717) is 21.6 Å². The average Bonchev–Trinajstić information content (AvgIpc) is 2.70. The van der Waals surface area contributed by atoms with Gasteiger partial charge in [-0.15, -0.1) is 24.4 Å². The molecule has 0 bridgehead atoms. The summed E-state index contributed by atoms with van der Waals surface area (Å²) >= 11 is 6.41. The molecule has 0 aliphatic carbocycles. The first-order valence-electron chi connectivity index (χ1n) is 10.7. The summed E-state index contributed by atoms with van der Waals surface area (Å²) in [5, 5.41) is 0.323. The van der Waals surface area contributed by atoms with Crippen molar-refractivity contribution in [1.29, 1.82) is 0 Å². The van der Waals surface area contributed by atoms with E-state index in [1.54, 1.807) is 23.9 Å². The molecule has 0 aliphatic heterocycles. The smallest absolute Gasteiger partial charge is 0.416 e. The van der Waals surface area contributed by atoms with Gasteiger partial charge in [0.15, 0.2) is 5.75 Å². The Morgan fingerprint density at radius 3 is 2.09 bits per heavy atom. The minimum atomic E-state index is -3.60. The van der Waals surface area contributed by atoms with Crippen LogP contribution in [0, 0.1) is 0 Å². The van der Waals surface area contributed by atoms with E-state index in [-0.39, 0.29) is 11.6 Å². The SMILES string of the molecule is CC(C)Sc1cc(C(C)(C)C)cc(S)c1OP(=O)(Cc1ccccc1)Oc1ccccc1. The van der Waals surface area contributed by atoms with Crippen LogP contribution in [0.25, 0.3) is 0 Å². The zero-order chi connectivity index (χ0) is 23.4. The van der Waals surface area contributed by atoms with Crippen LogP contribution in [0.1, 0.15) is 45.7 Å². The Morgan fingerprint density at radius 1 is 0.938 bits per heavy atom. The molecule has 3 aromatic rings. The molecule has 0 N–H and O–H groups in total. The van der Waals surface area contributed by atoms with Gasteiger partial charge in [0, 0.05) is 10.1 Å². The molecule has 1 atom stereocenters. The van der Waals surface area contributed by atoms with Crippen molar-refractivity contribution in [3.63, 3.8) is 0 Å². The van der Waals surface area contributed by atoms with Crippen molar-refractivity contribution >= 4 is 32.0 Å². The lowest BCUT2D eigenvalue weighted by Crippen LogP contribution is -2.12. The van der Waals surface area contributed by atoms with Crippen LogP contribution in [0.3, 0.4) is 0 Å². The predicted molar refractivity (Wildman–Crippen MR) is 139 cm³/mol. The van der Waals surface area contributed by atoms with Gasteiger partial charge in [-0.2, -0.15) is 0 Å². The van der Waals surface area contributed by atoms with Gasteiger partial charge in [0.2, 0.25) is 0 Å². The van der Waals surface area contributed by atoms with Crippen molar-refractivity contribution in [2.75, 3.05) is 0 Å². The third-order valence-electron chi connectivity index (χ3n) is 4.70. The average molecular weight is 487 g/mol. The number of para-hydroxylation sites is 1. The van der Waals surface area contributed by atoms with E-state index in [1.807, 2.05) is 54.6 Å². The standard InChI is InChI=1S/C26H31O3PS2/c1-19(2)32-24-17-21(26(3,4)5)16-23(31)25(24)29-30(27,18-20-12-8-6-9-13-20)28-22-14-10-7-11-15-22/h6-17,19,31H,18H2,1-5H3. The minimum absolute atomic E-state index is 0.0451. The summed E-state index contributed by atoms with van der Waals surface area (Å²) in [6.45, 7) is 10.7. The molecule has 0 aliphatic rings. The molecule has 0 amide bonds. The molecule has 3 nitrogen and oxygen atoms in total. The van der Waals surface area contributed by atoms with Crippen LogP contribution in [-0.2, 0) is 16.1 Å². The summed E-state index contributed by atoms with van der Waals surface area (Å²) in [4.78, 5) is 1.58. The molecular formula is C26H31O3PS2. The van der Waals surface area contributed by atoms with Crippen molar-refractivity contribution in [3.8, 4) is 11.5 Å². The maximum absolute atomic E-state index is 14.1. The first kappa shape index (κ1) is 24.8. The highest BCUT2D eigenvalue weighted by Crippen LogP contribution is 2.55.